The van der Waals surface area contributed by atoms with Crippen molar-refractivity contribution < 1.29 is 42.1 Å². The third-order valence-electron chi connectivity index (χ3n) is 6.18. The second-order valence-electron chi connectivity index (χ2n) is 8.44. The van der Waals surface area contributed by atoms with Crippen molar-refractivity contribution in [1.82, 2.24) is 9.55 Å². The van der Waals surface area contributed by atoms with E-state index in [0.29, 0.717) is 4.57 Å². The molecule has 14 heteroatoms. The summed E-state index contributed by atoms with van der Waals surface area (Å²) in [6, 6.07) is 11.3. The van der Waals surface area contributed by atoms with Crippen LogP contribution in [0, 0.1) is 0 Å². The van der Waals surface area contributed by atoms with E-state index in [-0.39, 0.29) is 39.4 Å². The van der Waals surface area contributed by atoms with Crippen LogP contribution in [0.4, 0.5) is 14.6 Å². The highest BCUT2D eigenvalue weighted by Gasteiger charge is 2.59. The fraction of sp³-hybridized carbons (Fsp3) is 0.208. The first-order valence-corrected chi connectivity index (χ1v) is 11.8. The molecule has 2 aliphatic rings. The van der Waals surface area contributed by atoms with Gasteiger partial charge in [-0.3, -0.25) is 23.5 Å². The van der Waals surface area contributed by atoms with E-state index >= 15 is 0 Å². The van der Waals surface area contributed by atoms with Gasteiger partial charge in [0.2, 0.25) is 6.23 Å². The van der Waals surface area contributed by atoms with Gasteiger partial charge in [0, 0.05) is 34.0 Å². The second kappa shape index (κ2) is 9.69. The summed E-state index contributed by atoms with van der Waals surface area (Å²) >= 11 is 0. The number of aliphatic hydroxyl groups excluding tert-OH is 1. The lowest BCUT2D eigenvalue weighted by Gasteiger charge is -2.21. The Kier molecular flexibility index (Phi) is 6.53. The first-order valence-electron chi connectivity index (χ1n) is 11.0. The Labute approximate surface area is 213 Å². The molecule has 1 fully saturated rings. The number of ether oxygens (including phenoxy) is 1. The van der Waals surface area contributed by atoms with Crippen LogP contribution < -0.4 is 11.0 Å². The molecule has 0 radical (unpaired) electrons. The SMILES string of the molecule is O=POC[C@H]1OC(n2ccc(NC(=O)c3ccc4c(c3)C(=O)c3ccccc3C4=O)nc2=O)C(F)(F)[C@@H]1O. The Morgan fingerprint density at radius 2 is 1.74 bits per heavy atom. The zero-order valence-corrected chi connectivity index (χ0v) is 19.9. The van der Waals surface area contributed by atoms with Gasteiger partial charge in [0.1, 0.15) is 11.9 Å². The first-order chi connectivity index (χ1) is 18.1. The van der Waals surface area contributed by atoms with Crippen molar-refractivity contribution >= 4 is 32.0 Å². The minimum absolute atomic E-state index is 0.00968. The maximum absolute atomic E-state index is 14.5. The van der Waals surface area contributed by atoms with Gasteiger partial charge in [-0.1, -0.05) is 24.3 Å². The zero-order chi connectivity index (χ0) is 27.2. The molecule has 3 atom stereocenters. The van der Waals surface area contributed by atoms with Crippen LogP contribution in [0.2, 0.25) is 0 Å². The predicted octanol–water partition coefficient (Wildman–Crippen LogP) is 2.39. The summed E-state index contributed by atoms with van der Waals surface area (Å²) in [5, 5.41) is 12.2. The number of fused-ring (bicyclic) bond motifs is 2. The normalized spacial score (nSPS) is 21.7. The lowest BCUT2D eigenvalue weighted by molar-refractivity contribution is -0.140. The number of aliphatic hydroxyl groups is 1. The van der Waals surface area contributed by atoms with Crippen molar-refractivity contribution in [2.45, 2.75) is 24.4 Å². The number of nitrogens with zero attached hydrogens (tertiary/aromatic N) is 2. The number of benzene rings is 2. The van der Waals surface area contributed by atoms with Gasteiger partial charge >= 0.3 is 20.3 Å². The molecule has 2 heterocycles. The van der Waals surface area contributed by atoms with Crippen LogP contribution in [-0.2, 0) is 13.8 Å². The second-order valence-corrected chi connectivity index (χ2v) is 8.84. The number of aromatic nitrogens is 2. The molecule has 5 rings (SSSR count). The van der Waals surface area contributed by atoms with E-state index in [1.165, 1.54) is 24.3 Å². The van der Waals surface area contributed by atoms with E-state index in [2.05, 4.69) is 14.8 Å². The average Bonchev–Trinajstić information content (AvgIpc) is 3.13. The molecule has 1 amide bonds. The van der Waals surface area contributed by atoms with Crippen molar-refractivity contribution in [2.24, 2.45) is 0 Å². The van der Waals surface area contributed by atoms with E-state index in [0.717, 1.165) is 12.3 Å². The van der Waals surface area contributed by atoms with Crippen LogP contribution in [0.3, 0.4) is 0 Å². The van der Waals surface area contributed by atoms with Gasteiger partial charge < -0.3 is 15.2 Å². The molecule has 3 aromatic rings. The van der Waals surface area contributed by atoms with E-state index in [4.69, 9.17) is 4.74 Å². The summed E-state index contributed by atoms with van der Waals surface area (Å²) in [5.41, 5.74) is -0.566. The number of carbonyl (C=O) groups is 3. The molecule has 1 unspecified atom stereocenters. The van der Waals surface area contributed by atoms with Crippen molar-refractivity contribution in [3.63, 3.8) is 0 Å². The number of hydrogen-bond donors (Lipinski definition) is 2. The van der Waals surface area contributed by atoms with Gasteiger partial charge in [-0.2, -0.15) is 13.8 Å². The number of anilines is 1. The molecule has 38 heavy (non-hydrogen) atoms. The Morgan fingerprint density at radius 3 is 2.39 bits per heavy atom. The van der Waals surface area contributed by atoms with Crippen molar-refractivity contribution in [3.05, 3.63) is 93.0 Å². The number of carbonyl (C=O) groups excluding carboxylic acids is 3. The molecule has 194 valence electrons. The van der Waals surface area contributed by atoms with Crippen LogP contribution in [-0.4, -0.2) is 56.9 Å². The predicted molar refractivity (Wildman–Crippen MR) is 125 cm³/mol. The molecule has 0 saturated carbocycles. The molecule has 2 N–H and O–H groups in total. The van der Waals surface area contributed by atoms with E-state index in [9.17, 15) is 37.6 Å². The highest BCUT2D eigenvalue weighted by molar-refractivity contribution is 7.17. The van der Waals surface area contributed by atoms with Crippen molar-refractivity contribution in [2.75, 3.05) is 11.9 Å². The number of hydrogen-bond acceptors (Lipinski definition) is 9. The monoisotopic (exact) mass is 543 g/mol. The van der Waals surface area contributed by atoms with Crippen molar-refractivity contribution in [3.8, 4) is 0 Å². The Bertz CT molecular complexity index is 1560. The Balaban J connectivity index is 1.36. The van der Waals surface area contributed by atoms with Gasteiger partial charge in [0.25, 0.3) is 5.91 Å². The first kappa shape index (κ1) is 25.6. The molecule has 1 aliphatic carbocycles. The minimum Gasteiger partial charge on any atom is -0.384 e. The van der Waals surface area contributed by atoms with E-state index in [1.807, 2.05) is 0 Å². The number of halogens is 2. The molecule has 1 saturated heterocycles. The third-order valence-corrected chi connectivity index (χ3v) is 6.44. The molecule has 0 spiro atoms. The number of nitrogens with one attached hydrogen (secondary N) is 1. The lowest BCUT2D eigenvalue weighted by Crippen LogP contribution is -2.41. The van der Waals surface area contributed by atoms with E-state index in [1.54, 1.807) is 18.2 Å². The fourth-order valence-corrected chi connectivity index (χ4v) is 4.51. The summed E-state index contributed by atoms with van der Waals surface area (Å²) in [5.74, 6) is -5.75. The highest BCUT2D eigenvalue weighted by Crippen LogP contribution is 2.42. The quantitative estimate of drug-likeness (QED) is 0.349. The molecule has 1 aromatic heterocycles. The molecule has 0 bridgehead atoms. The van der Waals surface area contributed by atoms with Gasteiger partial charge in [0.05, 0.1) is 6.61 Å². The number of alkyl halides is 2. The third kappa shape index (κ3) is 4.25. The molecule has 1 aliphatic heterocycles. The maximum atomic E-state index is 14.5. The largest absolute Gasteiger partial charge is 0.384 e. The standard InChI is InChI=1S/C24H16F2N3O8P/c25-24(26)20(32)16(10-36-38-35)37-22(24)29-8-7-17(28-23(29)34)27-21(33)11-5-6-14-15(9-11)19(31)13-4-2-1-3-12(13)18(14)30/h1-9,16,20,22,32H,10H2,(H,27,28,33,34)/t16-,20-,22?/m1/s1. The molecular weight excluding hydrogens is 527 g/mol. The van der Waals surface area contributed by atoms with Gasteiger partial charge in [-0.25, -0.2) is 9.36 Å². The van der Waals surface area contributed by atoms with E-state index < -0.39 is 57.0 Å². The van der Waals surface area contributed by atoms with Gasteiger partial charge in [-0.05, 0) is 24.3 Å². The van der Waals surface area contributed by atoms with Crippen molar-refractivity contribution in [1.29, 1.82) is 0 Å². The molecule has 2 aromatic carbocycles. The zero-order valence-electron chi connectivity index (χ0n) is 19.0. The average molecular weight is 543 g/mol. The van der Waals surface area contributed by atoms with Crippen LogP contribution in [0.1, 0.15) is 48.4 Å². The number of rotatable bonds is 6. The van der Waals surface area contributed by atoms with Gasteiger partial charge in [0.15, 0.2) is 17.7 Å². The Hall–Kier alpha value is -4.03. The Morgan fingerprint density at radius 1 is 1.08 bits per heavy atom. The fourth-order valence-electron chi connectivity index (χ4n) is 4.30. The van der Waals surface area contributed by atoms with Crippen LogP contribution in [0.25, 0.3) is 0 Å². The maximum Gasteiger partial charge on any atom is 0.351 e. The molecular formula is C24H16F2N3O8P. The topological polar surface area (TPSA) is 154 Å². The molecule has 11 nitrogen and oxygen atoms in total. The van der Waals surface area contributed by atoms with Crippen LogP contribution in [0.15, 0.2) is 59.5 Å². The summed E-state index contributed by atoms with van der Waals surface area (Å²) in [6.07, 6.45) is -5.23. The van der Waals surface area contributed by atoms with Gasteiger partial charge in [-0.15, -0.1) is 0 Å². The minimum atomic E-state index is -3.91. The summed E-state index contributed by atoms with van der Waals surface area (Å²) < 4.78 is 49.5. The number of ketones is 2. The summed E-state index contributed by atoms with van der Waals surface area (Å²) in [7, 11) is -0.798. The smallest absolute Gasteiger partial charge is 0.351 e. The van der Waals surface area contributed by atoms with Crippen LogP contribution in [0.5, 0.6) is 0 Å². The summed E-state index contributed by atoms with van der Waals surface area (Å²) in [4.78, 5) is 54.5. The number of amides is 1. The van der Waals surface area contributed by atoms with Crippen LogP contribution >= 0.6 is 8.69 Å². The lowest BCUT2D eigenvalue weighted by atomic mass is 9.83. The highest BCUT2D eigenvalue weighted by atomic mass is 31.1. The summed E-state index contributed by atoms with van der Waals surface area (Å²) in [6.45, 7) is -0.616.